The summed E-state index contributed by atoms with van der Waals surface area (Å²) >= 11 is 12.2. The SMILES string of the molecule is Cc1ccc(S(=O)(=O)Cc2c(-c3ccc(Cl)cc3Cl)[nH]n(C)c2=O)cc1. The predicted octanol–water partition coefficient (Wildman–Crippen LogP) is 3.97. The third kappa shape index (κ3) is 3.58. The fraction of sp³-hybridized carbons (Fsp3) is 0.167. The van der Waals surface area contributed by atoms with Gasteiger partial charge in [-0.3, -0.25) is 14.6 Å². The minimum absolute atomic E-state index is 0.136. The average molecular weight is 411 g/mol. The van der Waals surface area contributed by atoms with Crippen LogP contribution in [0.25, 0.3) is 11.3 Å². The third-order valence-corrected chi connectivity index (χ3v) is 6.27. The van der Waals surface area contributed by atoms with Gasteiger partial charge in [0.2, 0.25) is 0 Å². The molecule has 8 heteroatoms. The minimum Gasteiger partial charge on any atom is -0.295 e. The number of sulfone groups is 1. The highest BCUT2D eigenvalue weighted by Crippen LogP contribution is 2.31. The van der Waals surface area contributed by atoms with E-state index in [2.05, 4.69) is 5.10 Å². The number of H-pyrrole nitrogens is 1. The zero-order valence-electron chi connectivity index (χ0n) is 14.1. The van der Waals surface area contributed by atoms with E-state index in [0.717, 1.165) is 5.56 Å². The molecule has 1 heterocycles. The molecule has 0 spiro atoms. The molecule has 3 rings (SSSR count). The predicted molar refractivity (Wildman–Crippen MR) is 104 cm³/mol. The highest BCUT2D eigenvalue weighted by atomic mass is 35.5. The smallest absolute Gasteiger partial charge is 0.271 e. The first kappa shape index (κ1) is 18.8. The van der Waals surface area contributed by atoms with Crippen LogP contribution in [0.3, 0.4) is 0 Å². The summed E-state index contributed by atoms with van der Waals surface area (Å²) in [6.07, 6.45) is 0. The highest BCUT2D eigenvalue weighted by molar-refractivity contribution is 7.90. The van der Waals surface area contributed by atoms with Gasteiger partial charge in [-0.2, -0.15) is 0 Å². The van der Waals surface area contributed by atoms with E-state index in [1.807, 2.05) is 6.92 Å². The van der Waals surface area contributed by atoms with Gasteiger partial charge < -0.3 is 0 Å². The maximum absolute atomic E-state index is 12.8. The van der Waals surface area contributed by atoms with Crippen molar-refractivity contribution in [1.29, 1.82) is 0 Å². The van der Waals surface area contributed by atoms with Crippen molar-refractivity contribution in [2.24, 2.45) is 7.05 Å². The monoisotopic (exact) mass is 410 g/mol. The first-order chi connectivity index (χ1) is 12.2. The van der Waals surface area contributed by atoms with Gasteiger partial charge in [0.15, 0.2) is 9.84 Å². The summed E-state index contributed by atoms with van der Waals surface area (Å²) in [5.74, 6) is -0.430. The Morgan fingerprint density at radius 1 is 1.08 bits per heavy atom. The number of aromatic amines is 1. The number of benzene rings is 2. The number of hydrogen-bond acceptors (Lipinski definition) is 3. The van der Waals surface area contributed by atoms with Crippen LogP contribution in [0.2, 0.25) is 10.0 Å². The molecule has 0 amide bonds. The van der Waals surface area contributed by atoms with Gasteiger partial charge >= 0.3 is 0 Å². The van der Waals surface area contributed by atoms with E-state index in [1.54, 1.807) is 30.3 Å². The molecular weight excluding hydrogens is 395 g/mol. The summed E-state index contributed by atoms with van der Waals surface area (Å²) in [6, 6.07) is 11.3. The van der Waals surface area contributed by atoms with Gasteiger partial charge in [-0.25, -0.2) is 8.42 Å². The van der Waals surface area contributed by atoms with E-state index in [-0.39, 0.29) is 10.5 Å². The summed E-state index contributed by atoms with van der Waals surface area (Å²) in [6.45, 7) is 1.87. The zero-order chi connectivity index (χ0) is 19.1. The zero-order valence-corrected chi connectivity index (χ0v) is 16.4. The molecule has 2 aromatic carbocycles. The molecule has 0 bridgehead atoms. The maximum atomic E-state index is 12.8. The van der Waals surface area contributed by atoms with Crippen LogP contribution in [0.5, 0.6) is 0 Å². The van der Waals surface area contributed by atoms with Crippen molar-refractivity contribution < 1.29 is 8.42 Å². The largest absolute Gasteiger partial charge is 0.295 e. The van der Waals surface area contributed by atoms with Crippen molar-refractivity contribution >= 4 is 33.0 Å². The quantitative estimate of drug-likeness (QED) is 0.706. The summed E-state index contributed by atoms with van der Waals surface area (Å²) in [7, 11) is -2.17. The second kappa shape index (κ2) is 6.95. The molecule has 1 N–H and O–H groups in total. The fourth-order valence-corrected chi connectivity index (χ4v) is 4.53. The van der Waals surface area contributed by atoms with E-state index < -0.39 is 21.1 Å². The molecule has 0 aliphatic heterocycles. The van der Waals surface area contributed by atoms with Gasteiger partial charge in [-0.05, 0) is 37.3 Å². The second-order valence-corrected chi connectivity index (χ2v) is 8.86. The molecule has 3 aromatic rings. The lowest BCUT2D eigenvalue weighted by Crippen LogP contribution is -2.18. The standard InChI is InChI=1S/C18H16Cl2N2O3S/c1-11-3-6-13(7-4-11)26(24,25)10-15-17(21-22(2)18(15)23)14-8-5-12(19)9-16(14)20/h3-9,21H,10H2,1-2H3. The van der Waals surface area contributed by atoms with Crippen LogP contribution < -0.4 is 5.56 Å². The van der Waals surface area contributed by atoms with E-state index in [1.165, 1.54) is 23.9 Å². The minimum atomic E-state index is -3.69. The number of halogens is 2. The molecule has 0 saturated carbocycles. The van der Waals surface area contributed by atoms with E-state index in [4.69, 9.17) is 23.2 Å². The summed E-state index contributed by atoms with van der Waals surface area (Å²) < 4.78 is 26.8. The third-order valence-electron chi connectivity index (χ3n) is 4.06. The number of aryl methyl sites for hydroxylation is 2. The Balaban J connectivity index is 2.11. The average Bonchev–Trinajstić information content (AvgIpc) is 2.83. The molecule has 0 fully saturated rings. The Hall–Kier alpha value is -2.02. The lowest BCUT2D eigenvalue weighted by Gasteiger charge is -2.07. The van der Waals surface area contributed by atoms with Gasteiger partial charge in [0.05, 0.1) is 26.9 Å². The Bertz CT molecular complexity index is 1130. The first-order valence-electron chi connectivity index (χ1n) is 7.72. The summed E-state index contributed by atoms with van der Waals surface area (Å²) in [5, 5.41) is 3.66. The lowest BCUT2D eigenvalue weighted by atomic mass is 10.1. The van der Waals surface area contributed by atoms with Crippen LogP contribution in [0.4, 0.5) is 0 Å². The fourth-order valence-electron chi connectivity index (χ4n) is 2.66. The Kier molecular flexibility index (Phi) is 5.01. The van der Waals surface area contributed by atoms with Crippen LogP contribution >= 0.6 is 23.2 Å². The van der Waals surface area contributed by atoms with E-state index >= 15 is 0 Å². The first-order valence-corrected chi connectivity index (χ1v) is 10.1. The van der Waals surface area contributed by atoms with E-state index in [0.29, 0.717) is 21.3 Å². The number of rotatable bonds is 4. The maximum Gasteiger partial charge on any atom is 0.271 e. The van der Waals surface area contributed by atoms with Crippen LogP contribution in [0, 0.1) is 6.92 Å². The molecule has 0 aliphatic carbocycles. The van der Waals surface area contributed by atoms with Crippen molar-refractivity contribution in [2.75, 3.05) is 0 Å². The molecule has 0 radical (unpaired) electrons. The molecule has 0 atom stereocenters. The van der Waals surface area contributed by atoms with Crippen molar-refractivity contribution in [3.63, 3.8) is 0 Å². The Morgan fingerprint density at radius 2 is 1.73 bits per heavy atom. The Labute approximate surface area is 161 Å². The van der Waals surface area contributed by atoms with Gasteiger partial charge in [0.1, 0.15) is 0 Å². The van der Waals surface area contributed by atoms with Crippen molar-refractivity contribution in [3.8, 4) is 11.3 Å². The highest BCUT2D eigenvalue weighted by Gasteiger charge is 2.24. The van der Waals surface area contributed by atoms with Crippen molar-refractivity contribution in [1.82, 2.24) is 9.78 Å². The number of nitrogens with zero attached hydrogens (tertiary/aromatic N) is 1. The number of hydrogen-bond donors (Lipinski definition) is 1. The van der Waals surface area contributed by atoms with Crippen LogP contribution in [0.15, 0.2) is 52.2 Å². The van der Waals surface area contributed by atoms with Crippen LogP contribution in [0.1, 0.15) is 11.1 Å². The molecule has 136 valence electrons. The molecular formula is C18H16Cl2N2O3S. The second-order valence-electron chi connectivity index (χ2n) is 6.03. The molecule has 0 saturated heterocycles. The van der Waals surface area contributed by atoms with E-state index in [9.17, 15) is 13.2 Å². The van der Waals surface area contributed by atoms with Gasteiger partial charge in [0, 0.05) is 17.6 Å². The molecule has 0 aliphatic rings. The topological polar surface area (TPSA) is 71.9 Å². The normalized spacial score (nSPS) is 11.7. The summed E-state index contributed by atoms with van der Waals surface area (Å²) in [4.78, 5) is 12.7. The lowest BCUT2D eigenvalue weighted by molar-refractivity contribution is 0.595. The van der Waals surface area contributed by atoms with Crippen LogP contribution in [-0.4, -0.2) is 18.2 Å². The van der Waals surface area contributed by atoms with Gasteiger partial charge in [-0.15, -0.1) is 0 Å². The molecule has 0 unspecified atom stereocenters. The van der Waals surface area contributed by atoms with Crippen molar-refractivity contribution in [2.45, 2.75) is 17.6 Å². The van der Waals surface area contributed by atoms with Gasteiger partial charge in [0.25, 0.3) is 5.56 Å². The molecule has 1 aromatic heterocycles. The number of nitrogens with one attached hydrogen (secondary N) is 1. The molecule has 5 nitrogen and oxygen atoms in total. The number of aromatic nitrogens is 2. The van der Waals surface area contributed by atoms with Gasteiger partial charge in [-0.1, -0.05) is 40.9 Å². The Morgan fingerprint density at radius 3 is 2.35 bits per heavy atom. The summed E-state index contributed by atoms with van der Waals surface area (Å²) in [5.41, 5.74) is 1.56. The van der Waals surface area contributed by atoms with Crippen molar-refractivity contribution in [3.05, 3.63) is 74.0 Å². The molecule has 26 heavy (non-hydrogen) atoms. The van der Waals surface area contributed by atoms with Crippen LogP contribution in [-0.2, 0) is 22.6 Å².